The molecular weight excluding hydrogens is 460 g/mol. The number of amides is 6. The molecule has 1 aliphatic carbocycles. The van der Waals surface area contributed by atoms with Crippen LogP contribution in [0.25, 0.3) is 0 Å². The van der Waals surface area contributed by atoms with Crippen LogP contribution in [0.4, 0.5) is 32.3 Å². The van der Waals surface area contributed by atoms with E-state index in [1.807, 2.05) is 24.3 Å². The van der Waals surface area contributed by atoms with Crippen LogP contribution in [0, 0.1) is 11.8 Å². The number of nitrogens with one attached hydrogen (secondary N) is 4. The van der Waals surface area contributed by atoms with Crippen LogP contribution in [-0.4, -0.2) is 50.1 Å². The van der Waals surface area contributed by atoms with Crippen molar-refractivity contribution in [1.82, 2.24) is 10.6 Å². The first kappa shape index (κ1) is 23.7. The van der Waals surface area contributed by atoms with E-state index in [9.17, 15) is 19.2 Å². The second kappa shape index (κ2) is 10.3. The molecule has 2 aromatic carbocycles. The van der Waals surface area contributed by atoms with Gasteiger partial charge in [-0.25, -0.2) is 9.59 Å². The van der Waals surface area contributed by atoms with Gasteiger partial charge in [-0.05, 0) is 67.8 Å². The Morgan fingerprint density at radius 1 is 0.694 bits per heavy atom. The van der Waals surface area contributed by atoms with E-state index in [0.29, 0.717) is 44.0 Å². The highest BCUT2D eigenvalue weighted by Crippen LogP contribution is 2.31. The Morgan fingerprint density at radius 3 is 1.47 bits per heavy atom. The van der Waals surface area contributed by atoms with Gasteiger partial charge in [-0.3, -0.25) is 19.4 Å². The van der Waals surface area contributed by atoms with Gasteiger partial charge >= 0.3 is 12.1 Å². The summed E-state index contributed by atoms with van der Waals surface area (Å²) in [6, 6.07) is 14.2. The zero-order chi connectivity index (χ0) is 25.1. The van der Waals surface area contributed by atoms with Crippen molar-refractivity contribution in [2.24, 2.45) is 11.8 Å². The molecule has 1 saturated carbocycles. The van der Waals surface area contributed by atoms with Crippen molar-refractivity contribution in [2.45, 2.75) is 25.7 Å². The Bertz CT molecular complexity index is 1060. The molecule has 2 aromatic rings. The average Bonchev–Trinajstić information content (AvgIpc) is 3.53. The van der Waals surface area contributed by atoms with E-state index in [1.54, 1.807) is 34.1 Å². The van der Waals surface area contributed by atoms with Crippen molar-refractivity contribution in [2.75, 3.05) is 46.6 Å². The third-order valence-electron chi connectivity index (χ3n) is 7.02. The lowest BCUT2D eigenvalue weighted by Crippen LogP contribution is -2.33. The average molecular weight is 491 g/mol. The van der Waals surface area contributed by atoms with E-state index in [4.69, 9.17) is 0 Å². The second-order valence-corrected chi connectivity index (χ2v) is 9.40. The largest absolute Gasteiger partial charge is 0.336 e. The highest BCUT2D eigenvalue weighted by molar-refractivity contribution is 5.97. The molecule has 2 saturated heterocycles. The van der Waals surface area contributed by atoms with Crippen LogP contribution in [0.3, 0.4) is 0 Å². The van der Waals surface area contributed by atoms with Gasteiger partial charge in [0.05, 0.1) is 0 Å². The van der Waals surface area contributed by atoms with E-state index in [1.165, 1.54) is 0 Å². The van der Waals surface area contributed by atoms with Gasteiger partial charge < -0.3 is 21.3 Å². The van der Waals surface area contributed by atoms with Crippen LogP contribution in [0.1, 0.15) is 25.7 Å². The molecule has 0 radical (unpaired) electrons. The number of benzene rings is 2. The molecule has 5 rings (SSSR count). The standard InChI is InChI=1S/C26H30N6O4/c33-23(29-19-4-8-21(9-5-19)31-14-12-27-25(31)35)17-2-1-3-18(16-17)24(34)30-20-6-10-22(11-7-20)32-15-13-28-26(32)36/h4-11,17-18H,1-3,12-16H2,(H,27,35)(H,28,36)(H,29,33)(H,30,34). The zero-order valence-electron chi connectivity index (χ0n) is 20.0. The fourth-order valence-corrected chi connectivity index (χ4v) is 5.04. The van der Waals surface area contributed by atoms with Gasteiger partial charge in [0.2, 0.25) is 11.8 Å². The van der Waals surface area contributed by atoms with E-state index >= 15 is 0 Å². The second-order valence-electron chi connectivity index (χ2n) is 9.40. The molecule has 0 bridgehead atoms. The molecule has 4 N–H and O–H groups in total. The Kier molecular flexibility index (Phi) is 6.75. The number of urea groups is 2. The van der Waals surface area contributed by atoms with Crippen LogP contribution in [0.2, 0.25) is 0 Å². The summed E-state index contributed by atoms with van der Waals surface area (Å²) in [5.41, 5.74) is 2.91. The number of carbonyl (C=O) groups is 4. The topological polar surface area (TPSA) is 123 Å². The summed E-state index contributed by atoms with van der Waals surface area (Å²) < 4.78 is 0. The maximum Gasteiger partial charge on any atom is 0.321 e. The molecule has 10 nitrogen and oxygen atoms in total. The molecule has 2 heterocycles. The molecule has 3 aliphatic rings. The zero-order valence-corrected chi connectivity index (χ0v) is 20.0. The van der Waals surface area contributed by atoms with Crippen molar-refractivity contribution >= 4 is 46.6 Å². The highest BCUT2D eigenvalue weighted by atomic mass is 16.2. The van der Waals surface area contributed by atoms with E-state index in [0.717, 1.165) is 30.6 Å². The molecule has 2 aliphatic heterocycles. The fourth-order valence-electron chi connectivity index (χ4n) is 5.04. The van der Waals surface area contributed by atoms with E-state index < -0.39 is 0 Å². The number of rotatable bonds is 6. The van der Waals surface area contributed by atoms with Crippen molar-refractivity contribution in [3.63, 3.8) is 0 Å². The Morgan fingerprint density at radius 2 is 1.11 bits per heavy atom. The molecule has 2 atom stereocenters. The van der Waals surface area contributed by atoms with Crippen molar-refractivity contribution in [3.05, 3.63) is 48.5 Å². The lowest BCUT2D eigenvalue weighted by atomic mass is 9.80. The summed E-state index contributed by atoms with van der Waals surface area (Å²) in [6.07, 6.45) is 2.79. The molecule has 188 valence electrons. The third-order valence-corrected chi connectivity index (χ3v) is 7.02. The SMILES string of the molecule is O=C(Nc1ccc(N2CCNC2=O)cc1)C1CCCC(C(=O)Nc2ccc(N3CCNC3=O)cc2)C1. The lowest BCUT2D eigenvalue weighted by molar-refractivity contribution is -0.124. The maximum atomic E-state index is 12.9. The van der Waals surface area contributed by atoms with Crippen LogP contribution < -0.4 is 31.1 Å². The minimum absolute atomic E-state index is 0.0904. The Labute approximate surface area is 209 Å². The van der Waals surface area contributed by atoms with Crippen molar-refractivity contribution in [1.29, 1.82) is 0 Å². The van der Waals surface area contributed by atoms with E-state index in [-0.39, 0.29) is 35.7 Å². The monoisotopic (exact) mass is 490 g/mol. The van der Waals surface area contributed by atoms with E-state index in [2.05, 4.69) is 21.3 Å². The maximum absolute atomic E-state index is 12.9. The summed E-state index contributed by atoms with van der Waals surface area (Å²) in [6.45, 7) is 2.48. The summed E-state index contributed by atoms with van der Waals surface area (Å²) in [4.78, 5) is 52.8. The molecule has 0 spiro atoms. The van der Waals surface area contributed by atoms with Gasteiger partial charge in [-0.2, -0.15) is 0 Å². The molecule has 2 unspecified atom stereocenters. The number of hydrogen-bond donors (Lipinski definition) is 4. The Balaban J connectivity index is 1.14. The van der Waals surface area contributed by atoms with Gasteiger partial charge in [0.1, 0.15) is 0 Å². The minimum Gasteiger partial charge on any atom is -0.336 e. The molecule has 0 aromatic heterocycles. The predicted octanol–water partition coefficient (Wildman–Crippen LogP) is 3.13. The summed E-state index contributed by atoms with van der Waals surface area (Å²) in [5, 5.41) is 11.5. The highest BCUT2D eigenvalue weighted by Gasteiger charge is 2.31. The van der Waals surface area contributed by atoms with Crippen LogP contribution in [0.5, 0.6) is 0 Å². The molecular formula is C26H30N6O4. The fraction of sp³-hybridized carbons (Fsp3) is 0.385. The number of hydrogen-bond acceptors (Lipinski definition) is 4. The third kappa shape index (κ3) is 5.12. The number of nitrogens with zero attached hydrogens (tertiary/aromatic N) is 2. The molecule has 36 heavy (non-hydrogen) atoms. The first-order valence-electron chi connectivity index (χ1n) is 12.4. The van der Waals surface area contributed by atoms with Crippen LogP contribution in [0.15, 0.2) is 48.5 Å². The Hall–Kier alpha value is -4.08. The van der Waals surface area contributed by atoms with Gasteiger partial charge in [0.25, 0.3) is 0 Å². The smallest absolute Gasteiger partial charge is 0.321 e. The molecule has 3 fully saturated rings. The number of carbonyl (C=O) groups excluding carboxylic acids is 4. The van der Waals surface area contributed by atoms with Gasteiger partial charge in [-0.15, -0.1) is 0 Å². The first-order chi connectivity index (χ1) is 17.5. The normalized spacial score (nSPS) is 21.7. The van der Waals surface area contributed by atoms with Gasteiger partial charge in [-0.1, -0.05) is 6.42 Å². The quantitative estimate of drug-likeness (QED) is 0.497. The van der Waals surface area contributed by atoms with Crippen LogP contribution >= 0.6 is 0 Å². The van der Waals surface area contributed by atoms with Crippen molar-refractivity contribution < 1.29 is 19.2 Å². The minimum atomic E-state index is -0.241. The number of anilines is 4. The summed E-state index contributed by atoms with van der Waals surface area (Å²) >= 11 is 0. The summed E-state index contributed by atoms with van der Waals surface area (Å²) in [7, 11) is 0. The molecule has 10 heteroatoms. The van der Waals surface area contributed by atoms with Gasteiger partial charge in [0, 0.05) is 60.8 Å². The van der Waals surface area contributed by atoms with Gasteiger partial charge in [0.15, 0.2) is 0 Å². The summed E-state index contributed by atoms with van der Waals surface area (Å²) in [5.74, 6) is -0.663. The predicted molar refractivity (Wildman–Crippen MR) is 137 cm³/mol. The van der Waals surface area contributed by atoms with Crippen molar-refractivity contribution in [3.8, 4) is 0 Å². The molecule has 6 amide bonds. The first-order valence-corrected chi connectivity index (χ1v) is 12.4. The van der Waals surface area contributed by atoms with Crippen LogP contribution in [-0.2, 0) is 9.59 Å². The lowest BCUT2D eigenvalue weighted by Gasteiger charge is -2.27.